The number of hydrogen-bond acceptors (Lipinski definition) is 3. The molecular weight excluding hydrogens is 258 g/mol. The summed E-state index contributed by atoms with van der Waals surface area (Å²) in [5, 5.41) is 8.65. The summed E-state index contributed by atoms with van der Waals surface area (Å²) in [6, 6.07) is -0.244. The van der Waals surface area contributed by atoms with Gasteiger partial charge in [-0.2, -0.15) is 0 Å². The quantitative estimate of drug-likeness (QED) is 0.628. The average Bonchev–Trinajstić information content (AvgIpc) is 2.93. The highest BCUT2D eigenvalue weighted by Gasteiger charge is 2.34. The lowest BCUT2D eigenvalue weighted by atomic mass is 9.86. The summed E-state index contributed by atoms with van der Waals surface area (Å²) in [5.41, 5.74) is 0. The van der Waals surface area contributed by atoms with Gasteiger partial charge in [-0.05, 0) is 25.7 Å². The van der Waals surface area contributed by atoms with E-state index in [0.29, 0.717) is 6.54 Å². The Hall–Kier alpha value is -1.65. The smallest absolute Gasteiger partial charge is 0.328 e. The number of carbonyl (C=O) groups excluding carboxylic acids is 2. The number of carboxylic acid groups (broad SMARTS) is 1. The average molecular weight is 279 g/mol. The molecule has 0 spiro atoms. The molecule has 1 aliphatic carbocycles. The van der Waals surface area contributed by atoms with Crippen LogP contribution in [0.1, 0.15) is 44.9 Å². The number of hydrogen-bond donors (Lipinski definition) is 1. The zero-order chi connectivity index (χ0) is 14.5. The molecule has 1 saturated heterocycles. The predicted octanol–water partition coefficient (Wildman–Crippen LogP) is 1.77. The lowest BCUT2D eigenvalue weighted by molar-refractivity contribution is -0.147. The van der Waals surface area contributed by atoms with E-state index in [9.17, 15) is 14.4 Å². The number of likely N-dealkylation sites (tertiary alicyclic amines) is 1. The first-order valence-corrected chi connectivity index (χ1v) is 7.35. The maximum Gasteiger partial charge on any atom is 0.328 e. The van der Waals surface area contributed by atoms with Crippen LogP contribution in [0.3, 0.4) is 0 Å². The molecule has 1 aliphatic heterocycles. The minimum atomic E-state index is -1.03. The highest BCUT2D eigenvalue weighted by molar-refractivity contribution is 6.37. The van der Waals surface area contributed by atoms with Gasteiger partial charge in [0.1, 0.15) is 0 Å². The van der Waals surface area contributed by atoms with Gasteiger partial charge in [0.25, 0.3) is 5.91 Å². The third kappa shape index (κ3) is 3.46. The van der Waals surface area contributed by atoms with Gasteiger partial charge in [-0.3, -0.25) is 9.59 Å². The van der Waals surface area contributed by atoms with E-state index in [1.54, 1.807) is 0 Å². The molecule has 1 saturated carbocycles. The summed E-state index contributed by atoms with van der Waals surface area (Å²) in [5.74, 6) is -1.85. The fourth-order valence-electron chi connectivity index (χ4n) is 3.12. The minimum Gasteiger partial charge on any atom is -0.478 e. The molecule has 5 heteroatoms. The molecule has 1 amide bonds. The molecular formula is C15H21NO4. The third-order valence-electron chi connectivity index (χ3n) is 4.21. The second kappa shape index (κ2) is 6.68. The Labute approximate surface area is 118 Å². The Balaban J connectivity index is 1.99. The van der Waals surface area contributed by atoms with Crippen molar-refractivity contribution < 1.29 is 19.5 Å². The zero-order valence-corrected chi connectivity index (χ0v) is 11.6. The van der Waals surface area contributed by atoms with Gasteiger partial charge < -0.3 is 10.0 Å². The monoisotopic (exact) mass is 279 g/mol. The van der Waals surface area contributed by atoms with Crippen LogP contribution in [0.5, 0.6) is 0 Å². The van der Waals surface area contributed by atoms with Crippen LogP contribution in [0, 0.1) is 5.92 Å². The maximum absolute atomic E-state index is 12.3. The highest BCUT2D eigenvalue weighted by Crippen LogP contribution is 2.26. The number of nitrogens with zero attached hydrogens (tertiary/aromatic N) is 1. The van der Waals surface area contributed by atoms with E-state index in [2.05, 4.69) is 0 Å². The predicted molar refractivity (Wildman–Crippen MR) is 73.1 cm³/mol. The van der Waals surface area contributed by atoms with Crippen molar-refractivity contribution in [2.75, 3.05) is 6.54 Å². The van der Waals surface area contributed by atoms with Crippen LogP contribution in [-0.4, -0.2) is 40.3 Å². The fraction of sp³-hybridized carbons (Fsp3) is 0.667. The van der Waals surface area contributed by atoms with Crippen molar-refractivity contribution in [3.05, 3.63) is 12.2 Å². The second-order valence-electron chi connectivity index (χ2n) is 5.60. The highest BCUT2D eigenvalue weighted by atomic mass is 16.4. The zero-order valence-electron chi connectivity index (χ0n) is 11.6. The molecule has 1 atom stereocenters. The molecule has 2 fully saturated rings. The van der Waals surface area contributed by atoms with Gasteiger partial charge in [0.2, 0.25) is 5.78 Å². The van der Waals surface area contributed by atoms with E-state index in [1.807, 2.05) is 0 Å². The first kappa shape index (κ1) is 14.8. The number of aliphatic carboxylic acids is 1. The van der Waals surface area contributed by atoms with Crippen LogP contribution in [0.2, 0.25) is 0 Å². The van der Waals surface area contributed by atoms with Gasteiger partial charge in [-0.1, -0.05) is 25.3 Å². The molecule has 2 rings (SSSR count). The number of rotatable bonds is 4. The summed E-state index contributed by atoms with van der Waals surface area (Å²) in [6.07, 6.45) is 8.93. The third-order valence-corrected chi connectivity index (χ3v) is 4.21. The molecule has 0 aromatic heterocycles. The standard InChI is InChI=1S/C15H21NO4/c17-13(18)9-8-12-7-4-10-16(12)15(20)14(19)11-5-2-1-3-6-11/h8-9,11-12H,1-7,10H2,(H,17,18). The number of amides is 1. The van der Waals surface area contributed by atoms with Crippen LogP contribution in [0.15, 0.2) is 12.2 Å². The summed E-state index contributed by atoms with van der Waals surface area (Å²) in [7, 11) is 0. The van der Waals surface area contributed by atoms with Gasteiger partial charge in [-0.25, -0.2) is 4.79 Å². The van der Waals surface area contributed by atoms with Gasteiger partial charge in [0.05, 0.1) is 6.04 Å². The number of carbonyl (C=O) groups is 3. The first-order chi connectivity index (χ1) is 9.59. The molecule has 110 valence electrons. The maximum atomic E-state index is 12.3. The van der Waals surface area contributed by atoms with Gasteiger partial charge in [-0.15, -0.1) is 0 Å². The van der Waals surface area contributed by atoms with Crippen LogP contribution in [0.25, 0.3) is 0 Å². The van der Waals surface area contributed by atoms with E-state index >= 15 is 0 Å². The topological polar surface area (TPSA) is 74.7 Å². The van der Waals surface area contributed by atoms with Crippen molar-refractivity contribution in [3.63, 3.8) is 0 Å². The molecule has 5 nitrogen and oxygen atoms in total. The molecule has 2 aliphatic rings. The molecule has 1 unspecified atom stereocenters. The number of Topliss-reactive ketones (excluding diaryl/α,β-unsaturated/α-hetero) is 1. The molecule has 0 aromatic carbocycles. The summed E-state index contributed by atoms with van der Waals surface area (Å²) in [4.78, 5) is 36.6. The van der Waals surface area contributed by atoms with Crippen LogP contribution < -0.4 is 0 Å². The van der Waals surface area contributed by atoms with Crippen molar-refractivity contribution in [3.8, 4) is 0 Å². The van der Waals surface area contributed by atoms with E-state index < -0.39 is 11.9 Å². The van der Waals surface area contributed by atoms with Crippen LogP contribution in [0.4, 0.5) is 0 Å². The summed E-state index contributed by atoms with van der Waals surface area (Å²) in [6.45, 7) is 0.548. The number of ketones is 1. The Morgan fingerprint density at radius 2 is 1.70 bits per heavy atom. The Kier molecular flexibility index (Phi) is 4.93. The molecule has 1 heterocycles. The molecule has 0 radical (unpaired) electrons. The number of carboxylic acids is 1. The lowest BCUT2D eigenvalue weighted by Gasteiger charge is -2.25. The molecule has 20 heavy (non-hydrogen) atoms. The van der Waals surface area contributed by atoms with E-state index in [0.717, 1.165) is 51.0 Å². The van der Waals surface area contributed by atoms with Crippen LogP contribution >= 0.6 is 0 Å². The molecule has 1 N–H and O–H groups in total. The van der Waals surface area contributed by atoms with Gasteiger partial charge in [0, 0.05) is 18.5 Å². The Morgan fingerprint density at radius 3 is 2.35 bits per heavy atom. The van der Waals surface area contributed by atoms with Crippen molar-refractivity contribution in [1.82, 2.24) is 4.90 Å². The first-order valence-electron chi connectivity index (χ1n) is 7.35. The van der Waals surface area contributed by atoms with E-state index in [-0.39, 0.29) is 17.7 Å². The lowest BCUT2D eigenvalue weighted by Crippen LogP contribution is -2.42. The van der Waals surface area contributed by atoms with Gasteiger partial charge in [0.15, 0.2) is 0 Å². The van der Waals surface area contributed by atoms with Crippen molar-refractivity contribution in [1.29, 1.82) is 0 Å². The minimum absolute atomic E-state index is 0.124. The molecule has 0 bridgehead atoms. The SMILES string of the molecule is O=C(O)C=CC1CCCN1C(=O)C(=O)C1CCCCC1. The van der Waals surface area contributed by atoms with Crippen molar-refractivity contribution in [2.45, 2.75) is 51.0 Å². The normalized spacial score (nSPS) is 24.2. The molecule has 0 aromatic rings. The second-order valence-corrected chi connectivity index (χ2v) is 5.60. The largest absolute Gasteiger partial charge is 0.478 e. The van der Waals surface area contributed by atoms with Crippen molar-refractivity contribution >= 4 is 17.7 Å². The Bertz CT molecular complexity index is 424. The fourth-order valence-corrected chi connectivity index (χ4v) is 3.12. The summed E-state index contributed by atoms with van der Waals surface area (Å²) >= 11 is 0. The van der Waals surface area contributed by atoms with Gasteiger partial charge >= 0.3 is 5.97 Å². The van der Waals surface area contributed by atoms with E-state index in [1.165, 1.54) is 11.0 Å². The Morgan fingerprint density at radius 1 is 1.00 bits per heavy atom. The van der Waals surface area contributed by atoms with Crippen molar-refractivity contribution in [2.24, 2.45) is 5.92 Å². The summed E-state index contributed by atoms with van der Waals surface area (Å²) < 4.78 is 0. The van der Waals surface area contributed by atoms with Crippen LogP contribution in [-0.2, 0) is 14.4 Å². The van der Waals surface area contributed by atoms with E-state index in [4.69, 9.17) is 5.11 Å².